The Morgan fingerprint density at radius 3 is 2.81 bits per heavy atom. The van der Waals surface area contributed by atoms with Gasteiger partial charge in [-0.05, 0) is 40.2 Å². The van der Waals surface area contributed by atoms with E-state index in [2.05, 4.69) is 41.2 Å². The number of pyridine rings is 1. The molecule has 1 saturated heterocycles. The molecule has 190 valence electrons. The summed E-state index contributed by atoms with van der Waals surface area (Å²) in [6.07, 6.45) is -0.172. The van der Waals surface area contributed by atoms with E-state index in [1.807, 2.05) is 0 Å². The third-order valence-corrected chi connectivity index (χ3v) is 6.72. The van der Waals surface area contributed by atoms with Crippen LogP contribution in [0.3, 0.4) is 0 Å². The molecule has 0 radical (unpaired) electrons. The van der Waals surface area contributed by atoms with Crippen molar-refractivity contribution in [3.8, 4) is 16.9 Å². The van der Waals surface area contributed by atoms with E-state index in [0.717, 1.165) is 11.3 Å². The highest BCUT2D eigenvalue weighted by atomic mass is 79.9. The maximum atomic E-state index is 13.5. The van der Waals surface area contributed by atoms with E-state index in [9.17, 15) is 18.4 Å². The van der Waals surface area contributed by atoms with Gasteiger partial charge in [-0.25, -0.2) is 18.7 Å². The van der Waals surface area contributed by atoms with E-state index in [4.69, 9.17) is 9.47 Å². The van der Waals surface area contributed by atoms with Crippen LogP contribution in [-0.2, 0) is 9.53 Å². The summed E-state index contributed by atoms with van der Waals surface area (Å²) >= 11 is 4.38. The summed E-state index contributed by atoms with van der Waals surface area (Å²) in [7, 11) is 1.37. The molecule has 37 heavy (non-hydrogen) atoms. The fraction of sp³-hybridized carbons (Fsp3) is 0.217. The van der Waals surface area contributed by atoms with Crippen LogP contribution >= 0.6 is 27.3 Å². The van der Waals surface area contributed by atoms with Crippen molar-refractivity contribution in [2.75, 3.05) is 37.1 Å². The minimum atomic E-state index is -2.84. The largest absolute Gasteiger partial charge is 0.494 e. The van der Waals surface area contributed by atoms with Crippen LogP contribution in [-0.4, -0.2) is 58.6 Å². The number of thiazole rings is 1. The number of amides is 2. The van der Waals surface area contributed by atoms with E-state index in [1.165, 1.54) is 36.5 Å². The number of benzene rings is 1. The Labute approximate surface area is 220 Å². The molecule has 0 atom stereocenters. The fourth-order valence-electron chi connectivity index (χ4n) is 3.78. The first-order valence-corrected chi connectivity index (χ1v) is 12.4. The zero-order valence-electron chi connectivity index (χ0n) is 19.1. The maximum absolute atomic E-state index is 13.5. The van der Waals surface area contributed by atoms with Crippen LogP contribution in [0, 0.1) is 0 Å². The fourth-order valence-corrected chi connectivity index (χ4v) is 4.97. The zero-order chi connectivity index (χ0) is 26.1. The van der Waals surface area contributed by atoms with Crippen LogP contribution in [0.5, 0.6) is 5.75 Å². The normalized spacial score (nSPS) is 13.9. The first-order chi connectivity index (χ1) is 17.8. The number of carbonyl (C=O) groups is 2. The summed E-state index contributed by atoms with van der Waals surface area (Å²) in [6.45, 7) is 0.565. The number of anilines is 2. The van der Waals surface area contributed by atoms with Gasteiger partial charge in [0.15, 0.2) is 15.6 Å². The molecule has 1 aliphatic rings. The van der Waals surface area contributed by atoms with E-state index in [0.29, 0.717) is 33.9 Å². The van der Waals surface area contributed by atoms with Crippen molar-refractivity contribution in [3.63, 3.8) is 0 Å². The Morgan fingerprint density at radius 1 is 1.22 bits per heavy atom. The average Bonchev–Trinajstić information content (AvgIpc) is 3.29. The Kier molecular flexibility index (Phi) is 7.04. The number of fused-ring (bicyclic) bond motifs is 1. The molecule has 4 heterocycles. The van der Waals surface area contributed by atoms with Gasteiger partial charge in [0.2, 0.25) is 0 Å². The van der Waals surface area contributed by atoms with Crippen molar-refractivity contribution in [2.24, 2.45) is 0 Å². The zero-order valence-corrected chi connectivity index (χ0v) is 21.5. The Balaban J connectivity index is 1.60. The number of ether oxygens (including phenoxy) is 2. The first-order valence-electron chi connectivity index (χ1n) is 10.8. The van der Waals surface area contributed by atoms with Crippen molar-refractivity contribution in [2.45, 2.75) is 6.43 Å². The number of hydrogen-bond acceptors (Lipinski definition) is 9. The minimum Gasteiger partial charge on any atom is -0.494 e. The van der Waals surface area contributed by atoms with Gasteiger partial charge in [0, 0.05) is 28.9 Å². The number of nitrogens with one attached hydrogen (secondary N) is 1. The van der Waals surface area contributed by atoms with Crippen LogP contribution in [0.4, 0.5) is 19.6 Å². The van der Waals surface area contributed by atoms with Gasteiger partial charge < -0.3 is 14.4 Å². The van der Waals surface area contributed by atoms with E-state index >= 15 is 0 Å². The van der Waals surface area contributed by atoms with Crippen LogP contribution in [0.1, 0.15) is 22.5 Å². The molecule has 10 nitrogen and oxygen atoms in total. The van der Waals surface area contributed by atoms with Crippen molar-refractivity contribution in [1.82, 2.24) is 19.9 Å². The topological polar surface area (TPSA) is 119 Å². The maximum Gasteiger partial charge on any atom is 0.280 e. The number of rotatable bonds is 6. The highest BCUT2D eigenvalue weighted by Crippen LogP contribution is 2.37. The van der Waals surface area contributed by atoms with Gasteiger partial charge in [-0.2, -0.15) is 4.98 Å². The number of nitrogens with zero attached hydrogens (tertiary/aromatic N) is 5. The molecule has 1 aliphatic heterocycles. The first kappa shape index (κ1) is 25.0. The number of halogens is 3. The van der Waals surface area contributed by atoms with Crippen molar-refractivity contribution < 1.29 is 27.8 Å². The van der Waals surface area contributed by atoms with Gasteiger partial charge in [-0.15, -0.1) is 0 Å². The van der Waals surface area contributed by atoms with Crippen molar-refractivity contribution >= 4 is 60.4 Å². The number of methoxy groups -OCH3 is 1. The Hall–Kier alpha value is -3.62. The van der Waals surface area contributed by atoms with Crippen LogP contribution < -0.4 is 15.0 Å². The molecule has 5 rings (SSSR count). The third kappa shape index (κ3) is 5.12. The average molecular weight is 591 g/mol. The molecule has 1 fully saturated rings. The summed E-state index contributed by atoms with van der Waals surface area (Å²) in [4.78, 5) is 44.4. The van der Waals surface area contributed by atoms with Gasteiger partial charge in [0.05, 0.1) is 26.1 Å². The molecule has 2 amide bonds. The second kappa shape index (κ2) is 10.4. The van der Waals surface area contributed by atoms with Crippen LogP contribution in [0.15, 0.2) is 41.3 Å². The summed E-state index contributed by atoms with van der Waals surface area (Å²) in [5.74, 6) is -0.627. The molecule has 0 saturated carbocycles. The van der Waals surface area contributed by atoms with E-state index < -0.39 is 18.0 Å². The number of hydrogen-bond donors (Lipinski definition) is 1. The second-order valence-electron chi connectivity index (χ2n) is 7.73. The molecule has 0 aliphatic carbocycles. The van der Waals surface area contributed by atoms with E-state index in [1.54, 1.807) is 12.1 Å². The quantitative estimate of drug-likeness (QED) is 0.349. The lowest BCUT2D eigenvalue weighted by molar-refractivity contribution is -0.125. The Morgan fingerprint density at radius 2 is 2.05 bits per heavy atom. The monoisotopic (exact) mass is 590 g/mol. The van der Waals surface area contributed by atoms with Gasteiger partial charge in [0.25, 0.3) is 18.2 Å². The summed E-state index contributed by atoms with van der Waals surface area (Å²) in [5.41, 5.74) is 1.00. The molecular formula is C23H17BrF2N6O4S. The summed E-state index contributed by atoms with van der Waals surface area (Å²) in [5, 5.41) is 2.98. The number of carbonyl (C=O) groups excluding carboxylic acids is 2. The van der Waals surface area contributed by atoms with Crippen LogP contribution in [0.25, 0.3) is 21.6 Å². The van der Waals surface area contributed by atoms with Crippen molar-refractivity contribution in [3.05, 3.63) is 52.5 Å². The van der Waals surface area contributed by atoms with Crippen molar-refractivity contribution in [1.29, 1.82) is 0 Å². The smallest absolute Gasteiger partial charge is 0.280 e. The van der Waals surface area contributed by atoms with Gasteiger partial charge >= 0.3 is 0 Å². The molecule has 3 aromatic heterocycles. The minimum absolute atomic E-state index is 0.0819. The molecule has 1 aromatic carbocycles. The second-order valence-corrected chi connectivity index (χ2v) is 9.52. The Bertz CT molecular complexity index is 1520. The molecule has 0 bridgehead atoms. The molecule has 4 aromatic rings. The molecule has 0 spiro atoms. The standard InChI is InChI=1S/C23H17BrF2N6O4S/c1-35-16-8-27-15(19(25)26)7-14(16)13-6-11(32-4-5-36-10-18(32)33)2-3-12(13)21(34)31-23-30-20-22(37-23)29-17(24)9-28-20/h2-3,6-9,19H,4-5,10H2,1H3,(H,28,30,31,34). The van der Waals surface area contributed by atoms with Gasteiger partial charge in [0.1, 0.15) is 22.7 Å². The SMILES string of the molecule is COc1cnc(C(F)F)cc1-c1cc(N2CCOCC2=O)ccc1C(=O)Nc1nc2ncc(Br)nc2s1. The predicted molar refractivity (Wildman–Crippen MR) is 135 cm³/mol. The third-order valence-electron chi connectivity index (χ3n) is 5.48. The summed E-state index contributed by atoms with van der Waals surface area (Å²) < 4.78 is 38.1. The predicted octanol–water partition coefficient (Wildman–Crippen LogP) is 4.47. The number of morpholine rings is 1. The molecule has 14 heteroatoms. The number of aromatic nitrogens is 4. The van der Waals surface area contributed by atoms with Gasteiger partial charge in [-0.1, -0.05) is 11.3 Å². The van der Waals surface area contributed by atoms with Gasteiger partial charge in [-0.3, -0.25) is 19.9 Å². The lowest BCUT2D eigenvalue weighted by Crippen LogP contribution is -2.41. The highest BCUT2D eigenvalue weighted by molar-refractivity contribution is 9.10. The lowest BCUT2D eigenvalue weighted by Gasteiger charge is -2.27. The summed E-state index contributed by atoms with van der Waals surface area (Å²) in [6, 6.07) is 5.89. The molecule has 1 N–H and O–H groups in total. The number of alkyl halides is 2. The lowest BCUT2D eigenvalue weighted by atomic mass is 9.97. The van der Waals surface area contributed by atoms with Crippen LogP contribution in [0.2, 0.25) is 0 Å². The molecule has 0 unspecified atom stereocenters. The molecular weight excluding hydrogens is 574 g/mol. The van der Waals surface area contributed by atoms with E-state index in [-0.39, 0.29) is 40.1 Å². The highest BCUT2D eigenvalue weighted by Gasteiger charge is 2.25.